The van der Waals surface area contributed by atoms with E-state index in [1.165, 1.54) is 7.11 Å². The molecule has 0 aliphatic rings. The van der Waals surface area contributed by atoms with Gasteiger partial charge in [0.25, 0.3) is 0 Å². The number of nitrogens with one attached hydrogen (secondary N) is 2. The minimum absolute atomic E-state index is 0.243. The van der Waals surface area contributed by atoms with E-state index in [1.807, 2.05) is 17.5 Å². The van der Waals surface area contributed by atoms with E-state index in [1.54, 1.807) is 36.3 Å². The molecule has 0 aliphatic heterocycles. The van der Waals surface area contributed by atoms with Crippen molar-refractivity contribution in [2.45, 2.75) is 13.5 Å². The Morgan fingerprint density at radius 2 is 2.24 bits per heavy atom. The molecule has 0 aliphatic carbocycles. The van der Waals surface area contributed by atoms with Crippen molar-refractivity contribution in [3.8, 4) is 0 Å². The molecule has 21 heavy (non-hydrogen) atoms. The molecule has 2 rings (SSSR count). The number of nitrogens with zero attached hydrogens (tertiary/aromatic N) is 1. The van der Waals surface area contributed by atoms with E-state index >= 15 is 0 Å². The van der Waals surface area contributed by atoms with Crippen LogP contribution in [0.3, 0.4) is 0 Å². The molecule has 0 unspecified atom stereocenters. The molecule has 2 aromatic heterocycles. The highest BCUT2D eigenvalue weighted by Crippen LogP contribution is 2.19. The molecule has 7 heteroatoms. The van der Waals surface area contributed by atoms with E-state index in [2.05, 4.69) is 15.0 Å². The van der Waals surface area contributed by atoms with Crippen molar-refractivity contribution in [3.05, 3.63) is 39.8 Å². The van der Waals surface area contributed by atoms with Crippen molar-refractivity contribution < 1.29 is 14.3 Å². The second-order valence-electron chi connectivity index (χ2n) is 4.60. The maximum absolute atomic E-state index is 12.2. The van der Waals surface area contributed by atoms with Gasteiger partial charge < -0.3 is 19.9 Å². The number of aromatic amines is 1. The van der Waals surface area contributed by atoms with E-state index in [9.17, 15) is 9.59 Å². The number of aryl methyl sites for hydroxylation is 1. The molecule has 6 nitrogen and oxygen atoms in total. The lowest BCUT2D eigenvalue weighted by Gasteiger charge is -2.17. The van der Waals surface area contributed by atoms with Crippen molar-refractivity contribution in [1.29, 1.82) is 0 Å². The SMILES string of the molecule is COC(=O)c1[nH]c(C)cc1NC(=O)N(C)Cc1cccs1. The Hall–Kier alpha value is -2.28. The zero-order valence-corrected chi connectivity index (χ0v) is 12.9. The second kappa shape index (κ2) is 6.45. The van der Waals surface area contributed by atoms with Gasteiger partial charge in [0.15, 0.2) is 0 Å². The summed E-state index contributed by atoms with van der Waals surface area (Å²) in [6.07, 6.45) is 0. The quantitative estimate of drug-likeness (QED) is 0.853. The standard InChI is InChI=1S/C14H17N3O3S/c1-9-7-11(12(15-9)13(18)20-3)16-14(19)17(2)8-10-5-4-6-21-10/h4-7,15H,8H2,1-3H3,(H,16,19). The number of amides is 2. The summed E-state index contributed by atoms with van der Waals surface area (Å²) in [5.74, 6) is -0.515. The van der Waals surface area contributed by atoms with Crippen LogP contribution >= 0.6 is 11.3 Å². The molecule has 0 aromatic carbocycles. The van der Waals surface area contributed by atoms with Crippen LogP contribution < -0.4 is 5.32 Å². The van der Waals surface area contributed by atoms with Crippen LogP contribution in [-0.4, -0.2) is 36.0 Å². The summed E-state index contributed by atoms with van der Waals surface area (Å²) < 4.78 is 4.68. The zero-order chi connectivity index (χ0) is 15.4. The van der Waals surface area contributed by atoms with Gasteiger partial charge in [0.1, 0.15) is 5.69 Å². The number of aromatic nitrogens is 1. The number of esters is 1. The minimum Gasteiger partial charge on any atom is -0.464 e. The Morgan fingerprint density at radius 3 is 2.86 bits per heavy atom. The summed E-state index contributed by atoms with van der Waals surface area (Å²) >= 11 is 1.59. The van der Waals surface area contributed by atoms with E-state index < -0.39 is 5.97 Å². The highest BCUT2D eigenvalue weighted by atomic mass is 32.1. The van der Waals surface area contributed by atoms with Crippen molar-refractivity contribution in [2.24, 2.45) is 0 Å². The van der Waals surface area contributed by atoms with E-state index in [0.29, 0.717) is 12.2 Å². The predicted molar refractivity (Wildman–Crippen MR) is 81.7 cm³/mol. The number of carbonyl (C=O) groups is 2. The fraction of sp³-hybridized carbons (Fsp3) is 0.286. The van der Waals surface area contributed by atoms with Crippen molar-refractivity contribution in [2.75, 3.05) is 19.5 Å². The van der Waals surface area contributed by atoms with Crippen molar-refractivity contribution in [1.82, 2.24) is 9.88 Å². The molecule has 2 heterocycles. The van der Waals surface area contributed by atoms with Gasteiger partial charge in [-0.1, -0.05) is 6.07 Å². The molecule has 0 spiro atoms. The summed E-state index contributed by atoms with van der Waals surface area (Å²) in [4.78, 5) is 29.3. The first-order chi connectivity index (χ1) is 10.0. The Labute approximate surface area is 126 Å². The van der Waals surface area contributed by atoms with E-state index in [0.717, 1.165) is 10.6 Å². The number of hydrogen-bond donors (Lipinski definition) is 2. The summed E-state index contributed by atoms with van der Waals surface area (Å²) in [6, 6.07) is 5.32. The summed E-state index contributed by atoms with van der Waals surface area (Å²) in [7, 11) is 3.00. The first-order valence-corrected chi connectivity index (χ1v) is 7.21. The van der Waals surface area contributed by atoms with Gasteiger partial charge >= 0.3 is 12.0 Å². The number of ether oxygens (including phenoxy) is 1. The van der Waals surface area contributed by atoms with Crippen LogP contribution in [0, 0.1) is 6.92 Å². The highest BCUT2D eigenvalue weighted by molar-refractivity contribution is 7.09. The molecular formula is C14H17N3O3S. The fourth-order valence-electron chi connectivity index (χ4n) is 1.87. The molecule has 2 aromatic rings. The van der Waals surface area contributed by atoms with Gasteiger partial charge in [0.05, 0.1) is 19.3 Å². The number of hydrogen-bond acceptors (Lipinski definition) is 4. The Bertz CT molecular complexity index is 634. The van der Waals surface area contributed by atoms with Crippen molar-refractivity contribution in [3.63, 3.8) is 0 Å². The number of carbonyl (C=O) groups excluding carboxylic acids is 2. The fourth-order valence-corrected chi connectivity index (χ4v) is 2.63. The molecular weight excluding hydrogens is 290 g/mol. The van der Waals surface area contributed by atoms with Gasteiger partial charge in [-0.2, -0.15) is 0 Å². The Morgan fingerprint density at radius 1 is 1.48 bits per heavy atom. The third-order valence-electron chi connectivity index (χ3n) is 2.90. The number of thiophene rings is 1. The molecule has 2 amide bonds. The lowest BCUT2D eigenvalue weighted by Crippen LogP contribution is -2.31. The Balaban J connectivity index is 2.07. The maximum Gasteiger partial charge on any atom is 0.356 e. The molecule has 0 saturated carbocycles. The molecule has 112 valence electrons. The zero-order valence-electron chi connectivity index (χ0n) is 12.1. The van der Waals surface area contributed by atoms with Gasteiger partial charge in [-0.05, 0) is 24.4 Å². The molecule has 2 N–H and O–H groups in total. The Kier molecular flexibility index (Phi) is 4.64. The van der Waals surface area contributed by atoms with E-state index in [-0.39, 0.29) is 11.7 Å². The van der Waals surface area contributed by atoms with Crippen LogP contribution in [0.4, 0.5) is 10.5 Å². The summed E-state index contributed by atoms with van der Waals surface area (Å²) in [5.41, 5.74) is 1.43. The van der Waals surface area contributed by atoms with Crippen LogP contribution in [0.1, 0.15) is 21.1 Å². The lowest BCUT2D eigenvalue weighted by molar-refractivity contribution is 0.0596. The smallest absolute Gasteiger partial charge is 0.356 e. The molecule has 0 bridgehead atoms. The molecule has 0 radical (unpaired) electrons. The molecule has 0 atom stereocenters. The first-order valence-electron chi connectivity index (χ1n) is 6.33. The van der Waals surface area contributed by atoms with Gasteiger partial charge in [-0.25, -0.2) is 9.59 Å². The van der Waals surface area contributed by atoms with Crippen LogP contribution in [-0.2, 0) is 11.3 Å². The van der Waals surface area contributed by atoms with Crippen molar-refractivity contribution >= 4 is 29.0 Å². The van der Waals surface area contributed by atoms with Gasteiger partial charge in [0.2, 0.25) is 0 Å². The molecule has 0 saturated heterocycles. The van der Waals surface area contributed by atoms with Gasteiger partial charge in [0, 0.05) is 17.6 Å². The van der Waals surface area contributed by atoms with Gasteiger partial charge in [-0.15, -0.1) is 11.3 Å². The first kappa shape index (κ1) is 15.1. The summed E-state index contributed by atoms with van der Waals surface area (Å²) in [6.45, 7) is 2.32. The van der Waals surface area contributed by atoms with E-state index in [4.69, 9.17) is 0 Å². The lowest BCUT2D eigenvalue weighted by atomic mass is 10.3. The topological polar surface area (TPSA) is 74.4 Å². The third kappa shape index (κ3) is 3.63. The normalized spacial score (nSPS) is 10.2. The average Bonchev–Trinajstić information content (AvgIpc) is 3.07. The maximum atomic E-state index is 12.2. The number of rotatable bonds is 4. The largest absolute Gasteiger partial charge is 0.464 e. The monoisotopic (exact) mass is 307 g/mol. The average molecular weight is 307 g/mol. The van der Waals surface area contributed by atoms with Crippen LogP contribution in [0.15, 0.2) is 23.6 Å². The van der Waals surface area contributed by atoms with Gasteiger partial charge in [-0.3, -0.25) is 0 Å². The number of urea groups is 1. The third-order valence-corrected chi connectivity index (χ3v) is 3.76. The second-order valence-corrected chi connectivity index (χ2v) is 5.63. The van der Waals surface area contributed by atoms with Crippen LogP contribution in [0.5, 0.6) is 0 Å². The number of anilines is 1. The minimum atomic E-state index is -0.515. The molecule has 0 fully saturated rings. The number of methoxy groups -OCH3 is 1. The number of H-pyrrole nitrogens is 1. The van der Waals surface area contributed by atoms with Crippen LogP contribution in [0.25, 0.3) is 0 Å². The predicted octanol–water partition coefficient (Wildman–Crippen LogP) is 2.84. The van der Waals surface area contributed by atoms with Crippen LogP contribution in [0.2, 0.25) is 0 Å². The highest BCUT2D eigenvalue weighted by Gasteiger charge is 2.18. The summed E-state index contributed by atoms with van der Waals surface area (Å²) in [5, 5.41) is 4.68.